The summed E-state index contributed by atoms with van der Waals surface area (Å²) in [4.78, 5) is 14.0. The number of hydrogen-bond donors (Lipinski definition) is 1. The molecule has 1 aromatic carbocycles. The first-order chi connectivity index (χ1) is 8.66. The number of benzene rings is 1. The summed E-state index contributed by atoms with van der Waals surface area (Å²) in [6, 6.07) is 3.29. The van der Waals surface area contributed by atoms with Crippen LogP contribution in [-0.4, -0.2) is 43.4 Å². The predicted octanol–water partition coefficient (Wildman–Crippen LogP) is 1.44. The Morgan fingerprint density at radius 1 is 1.22 bits per heavy atom. The van der Waals surface area contributed by atoms with Gasteiger partial charge in [0.25, 0.3) is 0 Å². The van der Waals surface area contributed by atoms with E-state index >= 15 is 0 Å². The lowest BCUT2D eigenvalue weighted by Crippen LogP contribution is -2.33. The highest BCUT2D eigenvalue weighted by molar-refractivity contribution is 5.97. The lowest BCUT2D eigenvalue weighted by Gasteiger charge is -2.18. The Morgan fingerprint density at radius 2 is 2.06 bits per heavy atom. The zero-order chi connectivity index (χ0) is 13.0. The molecule has 0 atom stereocenters. The van der Waals surface area contributed by atoms with Crippen molar-refractivity contribution in [3.05, 3.63) is 35.4 Å². The molecule has 98 valence electrons. The number of nitrogens with zero attached hydrogens (tertiary/aromatic N) is 1. The Morgan fingerprint density at radius 3 is 2.83 bits per heavy atom. The maximum atomic E-state index is 13.0. The van der Waals surface area contributed by atoms with Crippen molar-refractivity contribution < 1.29 is 13.6 Å². The summed E-state index contributed by atoms with van der Waals surface area (Å²) in [5.74, 6) is -2.07. The summed E-state index contributed by atoms with van der Waals surface area (Å²) >= 11 is 0. The molecule has 5 heteroatoms. The van der Waals surface area contributed by atoms with Crippen LogP contribution in [0.2, 0.25) is 0 Å². The predicted molar refractivity (Wildman–Crippen MR) is 64.6 cm³/mol. The van der Waals surface area contributed by atoms with Crippen molar-refractivity contribution in [3.8, 4) is 0 Å². The first-order valence-electron chi connectivity index (χ1n) is 6.08. The third kappa shape index (κ3) is 3.34. The maximum absolute atomic E-state index is 13.0. The molecule has 1 aliphatic heterocycles. The van der Waals surface area contributed by atoms with Gasteiger partial charge in [-0.2, -0.15) is 0 Å². The molecule has 0 amide bonds. The molecule has 0 aliphatic carbocycles. The second-order valence-electron chi connectivity index (χ2n) is 4.43. The maximum Gasteiger partial charge on any atom is 0.176 e. The molecule has 1 saturated heterocycles. The molecule has 18 heavy (non-hydrogen) atoms. The number of carbonyl (C=O) groups excluding carboxylic acids is 1. The van der Waals surface area contributed by atoms with E-state index in [1.807, 2.05) is 4.90 Å². The van der Waals surface area contributed by atoms with Crippen molar-refractivity contribution in [2.24, 2.45) is 0 Å². The Kier molecular flexibility index (Phi) is 4.38. The number of carbonyl (C=O) groups is 1. The van der Waals surface area contributed by atoms with Gasteiger partial charge in [0.2, 0.25) is 0 Å². The molecular formula is C13H16F2N2O. The van der Waals surface area contributed by atoms with Crippen LogP contribution >= 0.6 is 0 Å². The Balaban J connectivity index is 1.99. The lowest BCUT2D eigenvalue weighted by molar-refractivity contribution is 0.0934. The normalized spacial score (nSPS) is 17.4. The van der Waals surface area contributed by atoms with E-state index in [0.29, 0.717) is 0 Å². The van der Waals surface area contributed by atoms with Crippen LogP contribution in [0.15, 0.2) is 18.2 Å². The molecule has 1 fully saturated rings. The molecule has 1 aliphatic rings. The van der Waals surface area contributed by atoms with Crippen molar-refractivity contribution in [1.82, 2.24) is 10.2 Å². The third-order valence-electron chi connectivity index (χ3n) is 3.04. The molecular weight excluding hydrogens is 238 g/mol. The second kappa shape index (κ2) is 6.02. The van der Waals surface area contributed by atoms with Crippen LogP contribution in [0.4, 0.5) is 8.78 Å². The van der Waals surface area contributed by atoms with Crippen molar-refractivity contribution in [1.29, 1.82) is 0 Å². The van der Waals surface area contributed by atoms with Crippen LogP contribution < -0.4 is 5.32 Å². The van der Waals surface area contributed by atoms with E-state index in [9.17, 15) is 13.6 Å². The summed E-state index contributed by atoms with van der Waals surface area (Å²) in [6.45, 7) is 3.71. The van der Waals surface area contributed by atoms with Crippen LogP contribution in [0.25, 0.3) is 0 Å². The number of halogens is 2. The molecule has 0 radical (unpaired) electrons. The van der Waals surface area contributed by atoms with Gasteiger partial charge >= 0.3 is 0 Å². The van der Waals surface area contributed by atoms with E-state index in [1.54, 1.807) is 0 Å². The molecule has 0 spiro atoms. The van der Waals surface area contributed by atoms with E-state index in [4.69, 9.17) is 0 Å². The summed E-state index contributed by atoms with van der Waals surface area (Å²) < 4.78 is 25.8. The zero-order valence-corrected chi connectivity index (χ0v) is 10.1. The van der Waals surface area contributed by atoms with E-state index in [1.165, 1.54) is 6.07 Å². The molecule has 0 unspecified atom stereocenters. The number of nitrogens with one attached hydrogen (secondary N) is 1. The summed E-state index contributed by atoms with van der Waals surface area (Å²) in [5, 5.41) is 3.24. The summed E-state index contributed by atoms with van der Waals surface area (Å²) in [7, 11) is 0. The van der Waals surface area contributed by atoms with Crippen molar-refractivity contribution in [2.75, 3.05) is 32.7 Å². The Labute approximate surface area is 105 Å². The highest BCUT2D eigenvalue weighted by Crippen LogP contribution is 2.10. The van der Waals surface area contributed by atoms with Crippen LogP contribution in [0, 0.1) is 11.6 Å². The minimum Gasteiger partial charge on any atom is -0.315 e. The number of rotatable bonds is 3. The number of hydrogen-bond acceptors (Lipinski definition) is 3. The first kappa shape index (κ1) is 13.1. The molecule has 0 saturated carbocycles. The topological polar surface area (TPSA) is 32.3 Å². The highest BCUT2D eigenvalue weighted by atomic mass is 19.2. The van der Waals surface area contributed by atoms with E-state index in [-0.39, 0.29) is 17.9 Å². The van der Waals surface area contributed by atoms with E-state index in [2.05, 4.69) is 5.32 Å². The number of ketones is 1. The van der Waals surface area contributed by atoms with Crippen LogP contribution in [-0.2, 0) is 0 Å². The fourth-order valence-electron chi connectivity index (χ4n) is 2.02. The zero-order valence-electron chi connectivity index (χ0n) is 10.1. The van der Waals surface area contributed by atoms with Gasteiger partial charge in [0.15, 0.2) is 17.4 Å². The molecule has 3 nitrogen and oxygen atoms in total. The van der Waals surface area contributed by atoms with Crippen molar-refractivity contribution >= 4 is 5.78 Å². The SMILES string of the molecule is O=C(CN1CCCNCC1)c1ccc(F)c(F)c1. The van der Waals surface area contributed by atoms with E-state index < -0.39 is 11.6 Å². The Bertz CT molecular complexity index is 429. The van der Waals surface area contributed by atoms with Gasteiger partial charge in [-0.05, 0) is 37.7 Å². The first-order valence-corrected chi connectivity index (χ1v) is 6.08. The van der Waals surface area contributed by atoms with Gasteiger partial charge in [-0.1, -0.05) is 0 Å². The van der Waals surface area contributed by atoms with Crippen LogP contribution in [0.5, 0.6) is 0 Å². The molecule has 1 N–H and O–H groups in total. The van der Waals surface area contributed by atoms with Gasteiger partial charge in [0, 0.05) is 18.7 Å². The second-order valence-corrected chi connectivity index (χ2v) is 4.43. The van der Waals surface area contributed by atoms with Gasteiger partial charge in [-0.15, -0.1) is 0 Å². The number of Topliss-reactive ketones (excluding diaryl/α,β-unsaturated/α-hetero) is 1. The minimum atomic E-state index is -0.974. The molecule has 0 bridgehead atoms. The van der Waals surface area contributed by atoms with Crippen LogP contribution in [0.3, 0.4) is 0 Å². The third-order valence-corrected chi connectivity index (χ3v) is 3.04. The van der Waals surface area contributed by atoms with E-state index in [0.717, 1.165) is 44.7 Å². The lowest BCUT2D eigenvalue weighted by atomic mass is 10.1. The monoisotopic (exact) mass is 254 g/mol. The van der Waals surface area contributed by atoms with Gasteiger partial charge < -0.3 is 5.32 Å². The summed E-state index contributed by atoms with van der Waals surface area (Å²) in [6.07, 6.45) is 0.991. The largest absolute Gasteiger partial charge is 0.315 e. The standard InChI is InChI=1S/C13H16F2N2O/c14-11-3-2-10(8-12(11)15)13(18)9-17-6-1-4-16-5-7-17/h2-3,8,16H,1,4-7,9H2. The highest BCUT2D eigenvalue weighted by Gasteiger charge is 2.15. The van der Waals surface area contributed by atoms with Gasteiger partial charge in [0.1, 0.15) is 0 Å². The van der Waals surface area contributed by atoms with Gasteiger partial charge in [-0.3, -0.25) is 9.69 Å². The van der Waals surface area contributed by atoms with Gasteiger partial charge in [0.05, 0.1) is 6.54 Å². The smallest absolute Gasteiger partial charge is 0.176 e. The van der Waals surface area contributed by atoms with Crippen molar-refractivity contribution in [3.63, 3.8) is 0 Å². The molecule has 2 rings (SSSR count). The van der Waals surface area contributed by atoms with Gasteiger partial charge in [-0.25, -0.2) is 8.78 Å². The average molecular weight is 254 g/mol. The molecule has 0 aromatic heterocycles. The average Bonchev–Trinajstić information content (AvgIpc) is 2.61. The molecule has 1 aromatic rings. The fraction of sp³-hybridized carbons (Fsp3) is 0.462. The fourth-order valence-corrected chi connectivity index (χ4v) is 2.02. The van der Waals surface area contributed by atoms with Crippen molar-refractivity contribution in [2.45, 2.75) is 6.42 Å². The Hall–Kier alpha value is -1.33. The minimum absolute atomic E-state index is 0.171. The summed E-state index contributed by atoms with van der Waals surface area (Å²) in [5.41, 5.74) is 0.228. The quantitative estimate of drug-likeness (QED) is 0.828. The van der Waals surface area contributed by atoms with Crippen LogP contribution in [0.1, 0.15) is 16.8 Å². The molecule has 1 heterocycles.